The van der Waals surface area contributed by atoms with Crippen LogP contribution in [0.5, 0.6) is 0 Å². The average Bonchev–Trinajstić information content (AvgIpc) is 2.95. The van der Waals surface area contributed by atoms with Crippen LogP contribution in [0.1, 0.15) is 23.9 Å². The standard InChI is InChI=1S/C13H17N3O3S/c1-2-10-4-3-7-15-12(10)9-16-20(17,18)13-6-5-11(8-14)19-13/h3-7,16H,2,8-9,14H2,1H3. The lowest BCUT2D eigenvalue weighted by atomic mass is 10.1. The minimum Gasteiger partial charge on any atom is -0.447 e. The van der Waals surface area contributed by atoms with E-state index in [1.54, 1.807) is 12.3 Å². The van der Waals surface area contributed by atoms with Gasteiger partial charge < -0.3 is 10.2 Å². The van der Waals surface area contributed by atoms with Crippen molar-refractivity contribution >= 4 is 10.0 Å². The second-order valence-corrected chi connectivity index (χ2v) is 5.91. The van der Waals surface area contributed by atoms with E-state index in [0.717, 1.165) is 12.0 Å². The Hall–Kier alpha value is -1.70. The van der Waals surface area contributed by atoms with Gasteiger partial charge in [-0.3, -0.25) is 4.98 Å². The molecule has 0 saturated heterocycles. The van der Waals surface area contributed by atoms with Gasteiger partial charge in [0.1, 0.15) is 5.76 Å². The highest BCUT2D eigenvalue weighted by atomic mass is 32.2. The first-order chi connectivity index (χ1) is 9.56. The van der Waals surface area contributed by atoms with E-state index in [-0.39, 0.29) is 18.2 Å². The number of sulfonamides is 1. The van der Waals surface area contributed by atoms with E-state index in [1.807, 2.05) is 19.1 Å². The molecule has 6 nitrogen and oxygen atoms in total. The lowest BCUT2D eigenvalue weighted by Crippen LogP contribution is -2.24. The molecule has 0 saturated carbocycles. The van der Waals surface area contributed by atoms with E-state index in [2.05, 4.69) is 9.71 Å². The van der Waals surface area contributed by atoms with Crippen molar-refractivity contribution in [3.05, 3.63) is 47.5 Å². The van der Waals surface area contributed by atoms with Crippen molar-refractivity contribution in [3.8, 4) is 0 Å². The molecule has 0 atom stereocenters. The zero-order valence-electron chi connectivity index (χ0n) is 11.2. The zero-order chi connectivity index (χ0) is 14.6. The number of hydrogen-bond donors (Lipinski definition) is 2. The number of aromatic nitrogens is 1. The van der Waals surface area contributed by atoms with Crippen LogP contribution >= 0.6 is 0 Å². The molecule has 0 aliphatic rings. The third kappa shape index (κ3) is 3.24. The maximum atomic E-state index is 12.1. The van der Waals surface area contributed by atoms with Crippen LogP contribution in [0.4, 0.5) is 0 Å². The van der Waals surface area contributed by atoms with Crippen molar-refractivity contribution in [2.75, 3.05) is 0 Å². The third-order valence-electron chi connectivity index (χ3n) is 2.90. The van der Waals surface area contributed by atoms with E-state index < -0.39 is 10.0 Å². The number of pyridine rings is 1. The van der Waals surface area contributed by atoms with Crippen LogP contribution in [0.2, 0.25) is 0 Å². The van der Waals surface area contributed by atoms with Gasteiger partial charge in [0.15, 0.2) is 0 Å². The zero-order valence-corrected chi connectivity index (χ0v) is 12.0. The van der Waals surface area contributed by atoms with Crippen LogP contribution in [-0.2, 0) is 29.5 Å². The molecule has 2 aromatic rings. The van der Waals surface area contributed by atoms with Gasteiger partial charge >= 0.3 is 0 Å². The van der Waals surface area contributed by atoms with Gasteiger partial charge in [-0.2, -0.15) is 0 Å². The maximum Gasteiger partial charge on any atom is 0.274 e. The van der Waals surface area contributed by atoms with E-state index in [0.29, 0.717) is 11.5 Å². The van der Waals surface area contributed by atoms with Crippen LogP contribution in [-0.4, -0.2) is 13.4 Å². The fraction of sp³-hybridized carbons (Fsp3) is 0.308. The molecule has 2 rings (SSSR count). The van der Waals surface area contributed by atoms with Gasteiger partial charge in [0.2, 0.25) is 5.09 Å². The Kier molecular flexibility index (Phi) is 4.53. The highest BCUT2D eigenvalue weighted by Crippen LogP contribution is 2.14. The van der Waals surface area contributed by atoms with Crippen molar-refractivity contribution in [1.82, 2.24) is 9.71 Å². The summed E-state index contributed by atoms with van der Waals surface area (Å²) in [6, 6.07) is 6.70. The Bertz CT molecular complexity index is 680. The number of rotatable bonds is 6. The van der Waals surface area contributed by atoms with Crippen molar-refractivity contribution in [1.29, 1.82) is 0 Å². The Balaban J connectivity index is 2.13. The summed E-state index contributed by atoms with van der Waals surface area (Å²) in [4.78, 5) is 4.19. The smallest absolute Gasteiger partial charge is 0.274 e. The number of nitrogens with one attached hydrogen (secondary N) is 1. The normalized spacial score (nSPS) is 11.7. The van der Waals surface area contributed by atoms with Crippen LogP contribution in [0.25, 0.3) is 0 Å². The first kappa shape index (κ1) is 14.7. The summed E-state index contributed by atoms with van der Waals surface area (Å²) >= 11 is 0. The Morgan fingerprint density at radius 3 is 2.80 bits per heavy atom. The molecule has 7 heteroatoms. The molecule has 0 unspecified atom stereocenters. The van der Waals surface area contributed by atoms with Crippen LogP contribution in [0.15, 0.2) is 40.0 Å². The molecule has 0 bridgehead atoms. The van der Waals surface area contributed by atoms with Crippen LogP contribution in [0, 0.1) is 0 Å². The molecule has 0 aliphatic carbocycles. The summed E-state index contributed by atoms with van der Waals surface area (Å²) in [6.45, 7) is 2.29. The minimum atomic E-state index is -3.68. The number of nitrogens with zero attached hydrogens (tertiary/aromatic N) is 1. The molecule has 108 valence electrons. The summed E-state index contributed by atoms with van der Waals surface area (Å²) in [5, 5.41) is -0.132. The maximum absolute atomic E-state index is 12.1. The summed E-state index contributed by atoms with van der Waals surface area (Å²) in [7, 11) is -3.68. The van der Waals surface area contributed by atoms with Gasteiger partial charge in [0.05, 0.1) is 18.8 Å². The molecule has 2 aromatic heterocycles. The molecule has 2 heterocycles. The topological polar surface area (TPSA) is 98.2 Å². The first-order valence-electron chi connectivity index (χ1n) is 6.28. The van der Waals surface area contributed by atoms with E-state index in [9.17, 15) is 8.42 Å². The molecule has 3 N–H and O–H groups in total. The Labute approximate surface area is 118 Å². The molecule has 0 radical (unpaired) electrons. The average molecular weight is 295 g/mol. The minimum absolute atomic E-state index is 0.130. The third-order valence-corrected chi connectivity index (χ3v) is 4.17. The van der Waals surface area contributed by atoms with Crippen molar-refractivity contribution in [2.24, 2.45) is 5.73 Å². The lowest BCUT2D eigenvalue weighted by Gasteiger charge is -2.07. The Morgan fingerprint density at radius 1 is 1.35 bits per heavy atom. The summed E-state index contributed by atoms with van der Waals surface area (Å²) in [5.41, 5.74) is 7.11. The number of furan rings is 1. The van der Waals surface area contributed by atoms with Crippen LogP contribution in [0.3, 0.4) is 0 Å². The van der Waals surface area contributed by atoms with Crippen molar-refractivity contribution in [2.45, 2.75) is 31.5 Å². The van der Waals surface area contributed by atoms with Gasteiger partial charge in [0.25, 0.3) is 10.0 Å². The van der Waals surface area contributed by atoms with Crippen molar-refractivity contribution in [3.63, 3.8) is 0 Å². The monoisotopic (exact) mass is 295 g/mol. The summed E-state index contributed by atoms with van der Waals surface area (Å²) in [5.74, 6) is 0.428. The fourth-order valence-electron chi connectivity index (χ4n) is 1.80. The summed E-state index contributed by atoms with van der Waals surface area (Å²) < 4.78 is 31.7. The first-order valence-corrected chi connectivity index (χ1v) is 7.76. The fourth-order valence-corrected chi connectivity index (χ4v) is 2.73. The number of aryl methyl sites for hydroxylation is 1. The second kappa shape index (κ2) is 6.17. The molecule has 20 heavy (non-hydrogen) atoms. The molecule has 0 aromatic carbocycles. The highest BCUT2D eigenvalue weighted by molar-refractivity contribution is 7.89. The number of nitrogens with two attached hydrogens (primary N) is 1. The molecule has 0 aliphatic heterocycles. The van der Waals surface area contributed by atoms with Gasteiger partial charge in [-0.05, 0) is 30.2 Å². The summed E-state index contributed by atoms with van der Waals surface area (Å²) in [6.07, 6.45) is 2.44. The van der Waals surface area contributed by atoms with Gasteiger partial charge in [-0.15, -0.1) is 0 Å². The molecule has 0 fully saturated rings. The molecular formula is C13H17N3O3S. The quantitative estimate of drug-likeness (QED) is 0.833. The molecule has 0 spiro atoms. The second-order valence-electron chi connectivity index (χ2n) is 4.21. The van der Waals surface area contributed by atoms with Crippen molar-refractivity contribution < 1.29 is 12.8 Å². The molecular weight excluding hydrogens is 278 g/mol. The predicted molar refractivity (Wildman–Crippen MR) is 74.2 cm³/mol. The highest BCUT2D eigenvalue weighted by Gasteiger charge is 2.18. The SMILES string of the molecule is CCc1cccnc1CNS(=O)(=O)c1ccc(CN)o1. The molecule has 0 amide bonds. The lowest BCUT2D eigenvalue weighted by molar-refractivity contribution is 0.412. The van der Waals surface area contributed by atoms with Gasteiger partial charge in [0, 0.05) is 6.20 Å². The largest absolute Gasteiger partial charge is 0.447 e. The van der Waals surface area contributed by atoms with E-state index in [4.69, 9.17) is 10.2 Å². The van der Waals surface area contributed by atoms with E-state index in [1.165, 1.54) is 6.07 Å². The Morgan fingerprint density at radius 2 is 2.15 bits per heavy atom. The number of hydrogen-bond acceptors (Lipinski definition) is 5. The predicted octanol–water partition coefficient (Wildman–Crippen LogP) is 1.17. The van der Waals surface area contributed by atoms with Gasteiger partial charge in [-0.1, -0.05) is 13.0 Å². The van der Waals surface area contributed by atoms with Gasteiger partial charge in [-0.25, -0.2) is 13.1 Å². The van der Waals surface area contributed by atoms with E-state index >= 15 is 0 Å². The van der Waals surface area contributed by atoms with Crippen LogP contribution < -0.4 is 10.5 Å².